The summed E-state index contributed by atoms with van der Waals surface area (Å²) >= 11 is 0. The molecule has 2 aromatic carbocycles. The third-order valence-corrected chi connectivity index (χ3v) is 6.51. The Morgan fingerprint density at radius 2 is 1.59 bits per heavy atom. The second kappa shape index (κ2) is 10.6. The predicted molar refractivity (Wildman–Crippen MR) is 127 cm³/mol. The zero-order chi connectivity index (χ0) is 22.3. The Labute approximate surface area is 190 Å². The lowest BCUT2D eigenvalue weighted by Crippen LogP contribution is -2.52. The number of ether oxygens (including phenoxy) is 2. The highest BCUT2D eigenvalue weighted by atomic mass is 16.5. The molecule has 2 aliphatic rings. The molecule has 0 aromatic heterocycles. The van der Waals surface area contributed by atoms with Crippen LogP contribution in [0.2, 0.25) is 0 Å². The van der Waals surface area contributed by atoms with E-state index < -0.39 is 0 Å². The quantitative estimate of drug-likeness (QED) is 0.718. The van der Waals surface area contributed by atoms with E-state index in [1.54, 1.807) is 14.2 Å². The summed E-state index contributed by atoms with van der Waals surface area (Å²) in [5.74, 6) is 1.71. The van der Waals surface area contributed by atoms with Gasteiger partial charge in [0, 0.05) is 44.5 Å². The van der Waals surface area contributed by atoms with E-state index in [9.17, 15) is 4.79 Å². The first kappa shape index (κ1) is 22.3. The van der Waals surface area contributed by atoms with Gasteiger partial charge in [0.25, 0.3) is 0 Å². The van der Waals surface area contributed by atoms with E-state index in [2.05, 4.69) is 33.3 Å². The maximum Gasteiger partial charge on any atom is 0.317 e. The summed E-state index contributed by atoms with van der Waals surface area (Å²) in [7, 11) is 3.37. The molecule has 7 heteroatoms. The van der Waals surface area contributed by atoms with Gasteiger partial charge in [-0.25, -0.2) is 4.79 Å². The highest BCUT2D eigenvalue weighted by molar-refractivity contribution is 5.74. The first-order valence-corrected chi connectivity index (χ1v) is 11.5. The average Bonchev–Trinajstić information content (AvgIpc) is 3.39. The Bertz CT molecular complexity index is 875. The number of amides is 2. The molecule has 2 amide bonds. The standard InChI is InChI=1S/C25H34N4O3/c1-31-22-10-8-20(9-11-22)24(28-12-3-4-13-28)19-26-25(30)29-16-14-27(15-17-29)21-6-5-7-23(18-21)32-2/h5-11,18,24H,3-4,12-17,19H2,1-2H3,(H,26,30)/t24-/m0/s1. The van der Waals surface area contributed by atoms with Crippen molar-refractivity contribution >= 4 is 11.7 Å². The number of carbonyl (C=O) groups is 1. The summed E-state index contributed by atoms with van der Waals surface area (Å²) < 4.78 is 10.6. The third kappa shape index (κ3) is 5.27. The van der Waals surface area contributed by atoms with Gasteiger partial charge < -0.3 is 24.6 Å². The summed E-state index contributed by atoms with van der Waals surface area (Å²) in [5, 5.41) is 3.20. The van der Waals surface area contributed by atoms with E-state index >= 15 is 0 Å². The Kier molecular flexibility index (Phi) is 7.37. The third-order valence-electron chi connectivity index (χ3n) is 6.51. The fraction of sp³-hybridized carbons (Fsp3) is 0.480. The molecule has 0 unspecified atom stereocenters. The number of methoxy groups -OCH3 is 2. The number of benzene rings is 2. The lowest BCUT2D eigenvalue weighted by atomic mass is 10.1. The number of carbonyl (C=O) groups excluding carboxylic acids is 1. The number of piperazine rings is 1. The van der Waals surface area contributed by atoms with Crippen molar-refractivity contribution in [2.24, 2.45) is 0 Å². The molecule has 2 saturated heterocycles. The largest absolute Gasteiger partial charge is 0.497 e. The lowest BCUT2D eigenvalue weighted by Gasteiger charge is -2.36. The van der Waals surface area contributed by atoms with Gasteiger partial charge in [-0.15, -0.1) is 0 Å². The summed E-state index contributed by atoms with van der Waals surface area (Å²) in [4.78, 5) is 19.6. The van der Waals surface area contributed by atoms with Gasteiger partial charge in [0.2, 0.25) is 0 Å². The zero-order valence-electron chi connectivity index (χ0n) is 19.1. The predicted octanol–water partition coefficient (Wildman–Crippen LogP) is 3.37. The summed E-state index contributed by atoms with van der Waals surface area (Å²) in [6.07, 6.45) is 2.43. The minimum absolute atomic E-state index is 0.0213. The van der Waals surface area contributed by atoms with Crippen LogP contribution in [0.25, 0.3) is 0 Å². The van der Waals surface area contributed by atoms with Gasteiger partial charge in [-0.1, -0.05) is 18.2 Å². The normalized spacial score (nSPS) is 17.8. The molecule has 4 rings (SSSR count). The van der Waals surface area contributed by atoms with Gasteiger partial charge in [-0.2, -0.15) is 0 Å². The van der Waals surface area contributed by atoms with Gasteiger partial charge in [0.1, 0.15) is 11.5 Å². The smallest absolute Gasteiger partial charge is 0.317 e. The van der Waals surface area contributed by atoms with Crippen LogP contribution in [0.4, 0.5) is 10.5 Å². The number of nitrogens with zero attached hydrogens (tertiary/aromatic N) is 3. The van der Waals surface area contributed by atoms with Crippen LogP contribution in [0, 0.1) is 0 Å². The van der Waals surface area contributed by atoms with Crippen molar-refractivity contribution in [1.29, 1.82) is 0 Å². The Hall–Kier alpha value is -2.93. The van der Waals surface area contributed by atoms with Crippen LogP contribution in [0.1, 0.15) is 24.4 Å². The Morgan fingerprint density at radius 3 is 2.25 bits per heavy atom. The lowest BCUT2D eigenvalue weighted by molar-refractivity contribution is 0.185. The van der Waals surface area contributed by atoms with Crippen molar-refractivity contribution in [2.75, 3.05) is 64.9 Å². The molecule has 172 valence electrons. The molecule has 0 bridgehead atoms. The monoisotopic (exact) mass is 438 g/mol. The molecule has 0 saturated carbocycles. The van der Waals surface area contributed by atoms with E-state index in [1.165, 1.54) is 18.4 Å². The molecule has 0 spiro atoms. The summed E-state index contributed by atoms with van der Waals surface area (Å²) in [5.41, 5.74) is 2.36. The van der Waals surface area contributed by atoms with Crippen molar-refractivity contribution < 1.29 is 14.3 Å². The van der Waals surface area contributed by atoms with E-state index in [1.807, 2.05) is 35.2 Å². The van der Waals surface area contributed by atoms with E-state index in [4.69, 9.17) is 9.47 Å². The molecule has 2 aliphatic heterocycles. The number of urea groups is 1. The molecule has 2 aromatic rings. The van der Waals surface area contributed by atoms with E-state index in [-0.39, 0.29) is 12.1 Å². The van der Waals surface area contributed by atoms with Crippen LogP contribution >= 0.6 is 0 Å². The molecular formula is C25H34N4O3. The first-order chi connectivity index (χ1) is 15.7. The summed E-state index contributed by atoms with van der Waals surface area (Å²) in [6, 6.07) is 16.5. The van der Waals surface area contributed by atoms with Crippen LogP contribution in [-0.4, -0.2) is 75.9 Å². The van der Waals surface area contributed by atoms with Gasteiger partial charge in [0.05, 0.1) is 20.3 Å². The second-order valence-electron chi connectivity index (χ2n) is 8.39. The topological polar surface area (TPSA) is 57.3 Å². The summed E-state index contributed by atoms with van der Waals surface area (Å²) in [6.45, 7) is 5.81. The average molecular weight is 439 g/mol. The van der Waals surface area contributed by atoms with Crippen LogP contribution in [0.3, 0.4) is 0 Å². The minimum Gasteiger partial charge on any atom is -0.497 e. The Morgan fingerprint density at radius 1 is 0.906 bits per heavy atom. The maximum absolute atomic E-state index is 12.9. The van der Waals surface area contributed by atoms with Gasteiger partial charge >= 0.3 is 6.03 Å². The van der Waals surface area contributed by atoms with Gasteiger partial charge in [-0.3, -0.25) is 4.90 Å². The second-order valence-corrected chi connectivity index (χ2v) is 8.39. The van der Waals surface area contributed by atoms with E-state index in [0.29, 0.717) is 19.6 Å². The molecule has 0 aliphatic carbocycles. The highest BCUT2D eigenvalue weighted by Crippen LogP contribution is 2.26. The van der Waals surface area contributed by atoms with Crippen LogP contribution < -0.4 is 19.7 Å². The van der Waals surface area contributed by atoms with Crippen LogP contribution in [-0.2, 0) is 0 Å². The molecule has 1 N–H and O–H groups in total. The highest BCUT2D eigenvalue weighted by Gasteiger charge is 2.26. The zero-order valence-corrected chi connectivity index (χ0v) is 19.1. The van der Waals surface area contributed by atoms with Crippen LogP contribution in [0.5, 0.6) is 11.5 Å². The van der Waals surface area contributed by atoms with Gasteiger partial charge in [0.15, 0.2) is 0 Å². The van der Waals surface area contributed by atoms with Crippen molar-refractivity contribution in [1.82, 2.24) is 15.1 Å². The number of nitrogens with one attached hydrogen (secondary N) is 1. The molecule has 2 heterocycles. The Balaban J connectivity index is 1.33. The number of hydrogen-bond acceptors (Lipinski definition) is 5. The van der Waals surface area contributed by atoms with Crippen molar-refractivity contribution in [3.05, 3.63) is 54.1 Å². The number of likely N-dealkylation sites (tertiary alicyclic amines) is 1. The molecule has 2 fully saturated rings. The number of hydrogen-bond donors (Lipinski definition) is 1. The van der Waals surface area contributed by atoms with Crippen molar-refractivity contribution in [2.45, 2.75) is 18.9 Å². The molecule has 7 nitrogen and oxygen atoms in total. The number of rotatable bonds is 7. The molecular weight excluding hydrogens is 404 g/mol. The van der Waals surface area contributed by atoms with Crippen LogP contribution in [0.15, 0.2) is 48.5 Å². The first-order valence-electron chi connectivity index (χ1n) is 11.5. The fourth-order valence-electron chi connectivity index (χ4n) is 4.61. The van der Waals surface area contributed by atoms with Crippen molar-refractivity contribution in [3.63, 3.8) is 0 Å². The SMILES string of the molecule is COc1ccc([C@H](CNC(=O)N2CCN(c3cccc(OC)c3)CC2)N2CCCC2)cc1. The number of anilines is 1. The minimum atomic E-state index is 0.0213. The molecule has 0 radical (unpaired) electrons. The van der Waals surface area contributed by atoms with Gasteiger partial charge in [-0.05, 0) is 55.8 Å². The maximum atomic E-state index is 12.9. The molecule has 32 heavy (non-hydrogen) atoms. The molecule has 1 atom stereocenters. The fourth-order valence-corrected chi connectivity index (χ4v) is 4.61. The van der Waals surface area contributed by atoms with Crippen molar-refractivity contribution in [3.8, 4) is 11.5 Å². The van der Waals surface area contributed by atoms with E-state index in [0.717, 1.165) is 43.4 Å².